The highest BCUT2D eigenvalue weighted by Gasteiger charge is 2.19. The molecule has 20 heavy (non-hydrogen) atoms. The first-order valence-corrected chi connectivity index (χ1v) is 8.27. The summed E-state index contributed by atoms with van der Waals surface area (Å²) in [7, 11) is 2.01. The predicted octanol–water partition coefficient (Wildman–Crippen LogP) is 4.26. The first-order valence-electron chi connectivity index (χ1n) is 6.60. The third kappa shape index (κ3) is 4.01. The van der Waals surface area contributed by atoms with Crippen LogP contribution in [0.5, 0.6) is 0 Å². The third-order valence-corrected chi connectivity index (χ3v) is 4.93. The van der Waals surface area contributed by atoms with Crippen LogP contribution >= 0.6 is 27.3 Å². The summed E-state index contributed by atoms with van der Waals surface area (Å²) in [5.41, 5.74) is 0.767. The topological polar surface area (TPSA) is 20.3 Å². The number of halogens is 1. The van der Waals surface area contributed by atoms with Crippen LogP contribution < -0.4 is 0 Å². The molecular weight excluding hydrogens is 334 g/mol. The largest absolute Gasteiger partial charge is 0.296 e. The number of carbonyl (C=O) groups is 1. The summed E-state index contributed by atoms with van der Waals surface area (Å²) in [6.07, 6.45) is 0.992. The van der Waals surface area contributed by atoms with Crippen molar-refractivity contribution in [1.82, 2.24) is 4.90 Å². The fourth-order valence-corrected chi connectivity index (χ4v) is 2.95. The van der Waals surface area contributed by atoms with E-state index in [-0.39, 0.29) is 11.8 Å². The van der Waals surface area contributed by atoms with Crippen LogP contribution in [0.15, 0.2) is 46.3 Å². The Labute approximate surface area is 132 Å². The maximum absolute atomic E-state index is 12.4. The SMILES string of the molecule is CC(C(=O)c1ccc(Br)cc1)N(C)CCc1cccs1. The third-order valence-electron chi connectivity index (χ3n) is 3.46. The van der Waals surface area contributed by atoms with E-state index in [0.717, 1.165) is 23.0 Å². The van der Waals surface area contributed by atoms with Crippen LogP contribution in [-0.4, -0.2) is 30.3 Å². The lowest BCUT2D eigenvalue weighted by Gasteiger charge is -2.23. The summed E-state index contributed by atoms with van der Waals surface area (Å²) < 4.78 is 0.993. The Kier molecular flexibility index (Phi) is 5.52. The molecule has 4 heteroatoms. The van der Waals surface area contributed by atoms with Crippen molar-refractivity contribution in [3.05, 3.63) is 56.7 Å². The molecule has 2 aromatic rings. The zero-order valence-electron chi connectivity index (χ0n) is 11.7. The van der Waals surface area contributed by atoms with Gasteiger partial charge >= 0.3 is 0 Å². The lowest BCUT2D eigenvalue weighted by Crippen LogP contribution is -2.37. The van der Waals surface area contributed by atoms with Gasteiger partial charge in [-0.15, -0.1) is 11.3 Å². The molecular formula is C16H18BrNOS. The fourth-order valence-electron chi connectivity index (χ4n) is 1.99. The van der Waals surface area contributed by atoms with E-state index in [1.807, 2.05) is 38.2 Å². The molecule has 0 aliphatic carbocycles. The minimum atomic E-state index is -0.101. The molecule has 0 saturated heterocycles. The second-order valence-corrected chi connectivity index (χ2v) is 6.81. The molecule has 2 nitrogen and oxygen atoms in total. The van der Waals surface area contributed by atoms with E-state index in [4.69, 9.17) is 0 Å². The standard InChI is InChI=1S/C16H18BrNOS/c1-12(16(19)13-5-7-14(17)8-6-13)18(2)10-9-15-4-3-11-20-15/h3-8,11-12H,9-10H2,1-2H3. The molecule has 0 N–H and O–H groups in total. The lowest BCUT2D eigenvalue weighted by molar-refractivity contribution is 0.0870. The zero-order valence-corrected chi connectivity index (χ0v) is 14.1. The van der Waals surface area contributed by atoms with Crippen molar-refractivity contribution < 1.29 is 4.79 Å². The molecule has 1 heterocycles. The molecule has 106 valence electrons. The highest BCUT2D eigenvalue weighted by molar-refractivity contribution is 9.10. The molecule has 1 aromatic heterocycles. The number of nitrogens with zero attached hydrogens (tertiary/aromatic N) is 1. The molecule has 1 aromatic carbocycles. The van der Waals surface area contributed by atoms with Gasteiger partial charge in [-0.25, -0.2) is 0 Å². The Morgan fingerprint density at radius 2 is 2.00 bits per heavy atom. The van der Waals surface area contributed by atoms with Gasteiger partial charge in [0.15, 0.2) is 5.78 Å². The summed E-state index contributed by atoms with van der Waals surface area (Å²) in [4.78, 5) is 15.9. The smallest absolute Gasteiger partial charge is 0.179 e. The number of Topliss-reactive ketones (excluding diaryl/α,β-unsaturated/α-hetero) is 1. The van der Waals surface area contributed by atoms with Crippen molar-refractivity contribution in [1.29, 1.82) is 0 Å². The van der Waals surface area contributed by atoms with Crippen molar-refractivity contribution in [3.8, 4) is 0 Å². The predicted molar refractivity (Wildman–Crippen MR) is 88.6 cm³/mol. The minimum absolute atomic E-state index is 0.101. The summed E-state index contributed by atoms with van der Waals surface area (Å²) in [6.45, 7) is 2.86. The highest BCUT2D eigenvalue weighted by Crippen LogP contribution is 2.15. The van der Waals surface area contributed by atoms with Crippen molar-refractivity contribution in [2.45, 2.75) is 19.4 Å². The van der Waals surface area contributed by atoms with Gasteiger partial charge in [0.05, 0.1) is 6.04 Å². The van der Waals surface area contributed by atoms with Crippen molar-refractivity contribution in [2.24, 2.45) is 0 Å². The Morgan fingerprint density at radius 3 is 2.60 bits per heavy atom. The van der Waals surface area contributed by atoms with E-state index in [2.05, 4.69) is 38.3 Å². The van der Waals surface area contributed by atoms with Gasteiger partial charge in [-0.3, -0.25) is 9.69 Å². The molecule has 1 unspecified atom stereocenters. The molecule has 0 bridgehead atoms. The first kappa shape index (κ1) is 15.4. The number of hydrogen-bond donors (Lipinski definition) is 0. The molecule has 0 amide bonds. The second-order valence-electron chi connectivity index (χ2n) is 4.86. The molecule has 1 atom stereocenters. The van der Waals surface area contributed by atoms with Gasteiger partial charge in [0.1, 0.15) is 0 Å². The van der Waals surface area contributed by atoms with Crippen LogP contribution in [0.1, 0.15) is 22.2 Å². The van der Waals surface area contributed by atoms with Crippen molar-refractivity contribution in [3.63, 3.8) is 0 Å². The zero-order chi connectivity index (χ0) is 14.5. The van der Waals surface area contributed by atoms with Crippen molar-refractivity contribution in [2.75, 3.05) is 13.6 Å². The number of benzene rings is 1. The summed E-state index contributed by atoms with van der Waals surface area (Å²) in [6, 6.07) is 11.7. The van der Waals surface area contributed by atoms with Crippen LogP contribution in [-0.2, 0) is 6.42 Å². The highest BCUT2D eigenvalue weighted by atomic mass is 79.9. The lowest BCUT2D eigenvalue weighted by atomic mass is 10.0. The fraction of sp³-hybridized carbons (Fsp3) is 0.312. The molecule has 2 rings (SSSR count). The van der Waals surface area contributed by atoms with Gasteiger partial charge in [0.2, 0.25) is 0 Å². The van der Waals surface area contributed by atoms with Gasteiger partial charge in [-0.05, 0) is 44.0 Å². The second kappa shape index (κ2) is 7.16. The quantitative estimate of drug-likeness (QED) is 0.724. The maximum atomic E-state index is 12.4. The summed E-state index contributed by atoms with van der Waals surface area (Å²) >= 11 is 5.15. The Morgan fingerprint density at radius 1 is 1.30 bits per heavy atom. The maximum Gasteiger partial charge on any atom is 0.179 e. The summed E-state index contributed by atoms with van der Waals surface area (Å²) in [5.74, 6) is 0.172. The normalized spacial score (nSPS) is 12.6. The van der Waals surface area contributed by atoms with Crippen LogP contribution in [0.4, 0.5) is 0 Å². The van der Waals surface area contributed by atoms with Gasteiger partial charge in [-0.1, -0.05) is 34.1 Å². The number of thiophene rings is 1. The Bertz CT molecular complexity index is 550. The van der Waals surface area contributed by atoms with Crippen LogP contribution in [0.2, 0.25) is 0 Å². The van der Waals surface area contributed by atoms with Crippen LogP contribution in [0, 0.1) is 0 Å². The average Bonchev–Trinajstić information content (AvgIpc) is 2.97. The summed E-state index contributed by atoms with van der Waals surface area (Å²) in [5, 5.41) is 2.09. The minimum Gasteiger partial charge on any atom is -0.296 e. The van der Waals surface area contributed by atoms with Gasteiger partial charge < -0.3 is 0 Å². The Balaban J connectivity index is 1.93. The number of rotatable bonds is 6. The molecule has 0 radical (unpaired) electrons. The number of carbonyl (C=O) groups excluding carboxylic acids is 1. The van der Waals surface area contributed by atoms with E-state index in [1.54, 1.807) is 11.3 Å². The van der Waals surface area contributed by atoms with Gasteiger partial charge in [-0.2, -0.15) is 0 Å². The number of ketones is 1. The van der Waals surface area contributed by atoms with Gasteiger partial charge in [0, 0.05) is 21.5 Å². The molecule has 0 aliphatic rings. The number of hydrogen-bond acceptors (Lipinski definition) is 3. The monoisotopic (exact) mass is 351 g/mol. The first-order chi connectivity index (χ1) is 9.58. The Hall–Kier alpha value is -0.970. The van der Waals surface area contributed by atoms with E-state index in [0.29, 0.717) is 0 Å². The van der Waals surface area contributed by atoms with E-state index in [1.165, 1.54) is 4.88 Å². The van der Waals surface area contributed by atoms with Crippen molar-refractivity contribution >= 4 is 33.0 Å². The van der Waals surface area contributed by atoms with Crippen LogP contribution in [0.25, 0.3) is 0 Å². The van der Waals surface area contributed by atoms with E-state index in [9.17, 15) is 4.79 Å². The molecule has 0 fully saturated rings. The molecule has 0 aliphatic heterocycles. The van der Waals surface area contributed by atoms with E-state index >= 15 is 0 Å². The molecule has 0 saturated carbocycles. The van der Waals surface area contributed by atoms with Gasteiger partial charge in [0.25, 0.3) is 0 Å². The average molecular weight is 352 g/mol. The van der Waals surface area contributed by atoms with E-state index < -0.39 is 0 Å². The molecule has 0 spiro atoms. The van der Waals surface area contributed by atoms with Crippen LogP contribution in [0.3, 0.4) is 0 Å². The number of likely N-dealkylation sites (N-methyl/N-ethyl adjacent to an activating group) is 1.